The Labute approximate surface area is 131 Å². The third-order valence-electron chi connectivity index (χ3n) is 3.42. The van der Waals surface area contributed by atoms with Crippen molar-refractivity contribution in [3.8, 4) is 0 Å². The maximum Gasteiger partial charge on any atom is 0.261 e. The fourth-order valence-corrected chi connectivity index (χ4v) is 2.90. The van der Waals surface area contributed by atoms with Gasteiger partial charge in [0.1, 0.15) is 0 Å². The minimum Gasteiger partial charge on any atom is -0.342 e. The van der Waals surface area contributed by atoms with Crippen LogP contribution in [0.15, 0.2) is 23.1 Å². The van der Waals surface area contributed by atoms with Gasteiger partial charge in [0.2, 0.25) is 0 Å². The summed E-state index contributed by atoms with van der Waals surface area (Å²) in [6.07, 6.45) is 3.75. The number of rotatable bonds is 7. The number of hydrogen-bond acceptors (Lipinski definition) is 3. The monoisotopic (exact) mass is 331 g/mol. The first-order valence-corrected chi connectivity index (χ1v) is 9.45. The number of amides is 1. The van der Waals surface area contributed by atoms with Crippen LogP contribution in [0.1, 0.15) is 49.0 Å². The normalized spacial score (nSPS) is 11.4. The molecule has 1 rings (SSSR count). The Morgan fingerprint density at radius 1 is 1.24 bits per heavy atom. The van der Waals surface area contributed by atoms with Gasteiger partial charge < -0.3 is 4.90 Å². The molecule has 1 aromatic carbocycles. The van der Waals surface area contributed by atoms with Crippen molar-refractivity contribution < 1.29 is 13.2 Å². The third kappa shape index (κ3) is 5.00. The molecule has 0 spiro atoms. The Hall–Kier alpha value is -1.07. The van der Waals surface area contributed by atoms with E-state index in [-0.39, 0.29) is 10.8 Å². The number of aryl methyl sites for hydroxylation is 1. The zero-order chi connectivity index (χ0) is 16.0. The molecule has 0 heterocycles. The van der Waals surface area contributed by atoms with E-state index in [9.17, 15) is 13.2 Å². The van der Waals surface area contributed by atoms with Crippen LogP contribution in [0, 0.1) is 0 Å². The Balaban J connectivity index is 3.06. The van der Waals surface area contributed by atoms with Crippen LogP contribution >= 0.6 is 10.7 Å². The molecule has 0 saturated carbocycles. The van der Waals surface area contributed by atoms with Crippen LogP contribution in [-0.2, 0) is 15.5 Å². The van der Waals surface area contributed by atoms with Crippen LogP contribution in [0.5, 0.6) is 0 Å². The minimum absolute atomic E-state index is 0.0355. The van der Waals surface area contributed by atoms with Crippen LogP contribution < -0.4 is 0 Å². The molecule has 6 heteroatoms. The first kappa shape index (κ1) is 18.0. The molecule has 0 fully saturated rings. The van der Waals surface area contributed by atoms with Crippen LogP contribution in [0.4, 0.5) is 0 Å². The zero-order valence-electron chi connectivity index (χ0n) is 12.7. The SMILES string of the molecule is CCCCCN(C)C(=O)c1cc(S(=O)(=O)Cl)ccc1CC. The lowest BCUT2D eigenvalue weighted by Crippen LogP contribution is -2.28. The molecule has 0 radical (unpaired) electrons. The van der Waals surface area contributed by atoms with Crippen molar-refractivity contribution in [2.45, 2.75) is 44.4 Å². The fraction of sp³-hybridized carbons (Fsp3) is 0.533. The molecule has 0 aliphatic carbocycles. The number of unbranched alkanes of at least 4 members (excludes halogenated alkanes) is 2. The minimum atomic E-state index is -3.83. The Morgan fingerprint density at radius 3 is 2.43 bits per heavy atom. The standard InChI is InChI=1S/C15H22ClNO3S/c1-4-6-7-10-17(3)15(18)14-11-13(21(16,19)20)9-8-12(14)5-2/h8-9,11H,4-7,10H2,1-3H3. The number of carbonyl (C=O) groups is 1. The molecule has 4 nitrogen and oxygen atoms in total. The number of carbonyl (C=O) groups excluding carboxylic acids is 1. The van der Waals surface area contributed by atoms with E-state index in [0.717, 1.165) is 24.8 Å². The first-order chi connectivity index (χ1) is 9.81. The zero-order valence-corrected chi connectivity index (χ0v) is 14.3. The van der Waals surface area contributed by atoms with Gasteiger partial charge in [-0.05, 0) is 30.5 Å². The van der Waals surface area contributed by atoms with Crippen molar-refractivity contribution in [1.82, 2.24) is 4.90 Å². The van der Waals surface area contributed by atoms with E-state index >= 15 is 0 Å². The van der Waals surface area contributed by atoms with Crippen molar-refractivity contribution in [2.24, 2.45) is 0 Å². The predicted molar refractivity (Wildman–Crippen MR) is 85.3 cm³/mol. The van der Waals surface area contributed by atoms with Gasteiger partial charge in [-0.1, -0.05) is 32.8 Å². The lowest BCUT2D eigenvalue weighted by atomic mass is 10.0. The van der Waals surface area contributed by atoms with Gasteiger partial charge in [0.05, 0.1) is 4.90 Å². The number of halogens is 1. The highest BCUT2D eigenvalue weighted by Crippen LogP contribution is 2.21. The molecule has 118 valence electrons. The topological polar surface area (TPSA) is 54.5 Å². The molecule has 0 aliphatic rings. The lowest BCUT2D eigenvalue weighted by Gasteiger charge is -2.19. The smallest absolute Gasteiger partial charge is 0.261 e. The number of hydrogen-bond donors (Lipinski definition) is 0. The summed E-state index contributed by atoms with van der Waals surface area (Å²) in [5.74, 6) is -0.162. The highest BCUT2D eigenvalue weighted by atomic mass is 35.7. The Bertz CT molecular complexity index is 599. The van der Waals surface area contributed by atoms with Crippen LogP contribution in [0.2, 0.25) is 0 Å². The fourth-order valence-electron chi connectivity index (χ4n) is 2.12. The highest BCUT2D eigenvalue weighted by Gasteiger charge is 2.19. The Kier molecular flexibility index (Phi) is 6.68. The third-order valence-corrected chi connectivity index (χ3v) is 4.77. The van der Waals surface area contributed by atoms with E-state index in [2.05, 4.69) is 6.92 Å². The van der Waals surface area contributed by atoms with E-state index in [1.807, 2.05) is 6.92 Å². The molecule has 0 aromatic heterocycles. The summed E-state index contributed by atoms with van der Waals surface area (Å²) in [6.45, 7) is 4.69. The maximum absolute atomic E-state index is 12.5. The molecule has 0 atom stereocenters. The summed E-state index contributed by atoms with van der Waals surface area (Å²) in [6, 6.07) is 4.47. The quantitative estimate of drug-likeness (QED) is 0.568. The molecule has 21 heavy (non-hydrogen) atoms. The second kappa shape index (κ2) is 7.80. The van der Waals surface area contributed by atoms with Crippen LogP contribution in [0.25, 0.3) is 0 Å². The van der Waals surface area contributed by atoms with Crippen molar-refractivity contribution in [2.75, 3.05) is 13.6 Å². The summed E-state index contributed by atoms with van der Waals surface area (Å²) < 4.78 is 22.9. The summed E-state index contributed by atoms with van der Waals surface area (Å²) in [5, 5.41) is 0. The largest absolute Gasteiger partial charge is 0.342 e. The highest BCUT2D eigenvalue weighted by molar-refractivity contribution is 8.13. The van der Waals surface area contributed by atoms with E-state index in [4.69, 9.17) is 10.7 Å². The van der Waals surface area contributed by atoms with Crippen LogP contribution in [0.3, 0.4) is 0 Å². The average Bonchev–Trinajstić information content (AvgIpc) is 2.44. The molecule has 1 amide bonds. The first-order valence-electron chi connectivity index (χ1n) is 7.14. The van der Waals surface area contributed by atoms with Crippen molar-refractivity contribution in [3.05, 3.63) is 29.3 Å². The average molecular weight is 332 g/mol. The van der Waals surface area contributed by atoms with E-state index in [1.165, 1.54) is 12.1 Å². The summed E-state index contributed by atoms with van der Waals surface area (Å²) in [5.41, 5.74) is 1.24. The van der Waals surface area contributed by atoms with Gasteiger partial charge in [0.25, 0.3) is 15.0 Å². The van der Waals surface area contributed by atoms with Gasteiger partial charge in [-0.2, -0.15) is 0 Å². The maximum atomic E-state index is 12.5. The molecule has 0 aliphatic heterocycles. The molecule has 0 unspecified atom stereocenters. The molecule has 0 bridgehead atoms. The second-order valence-corrected chi connectivity index (χ2v) is 7.61. The van der Waals surface area contributed by atoms with Gasteiger partial charge in [0.15, 0.2) is 0 Å². The van der Waals surface area contributed by atoms with Crippen molar-refractivity contribution in [3.63, 3.8) is 0 Å². The molecular formula is C15H22ClNO3S. The summed E-state index contributed by atoms with van der Waals surface area (Å²) in [7, 11) is 3.27. The van der Waals surface area contributed by atoms with Crippen molar-refractivity contribution >= 4 is 25.6 Å². The predicted octanol–water partition coefficient (Wildman–Crippen LogP) is 3.44. The summed E-state index contributed by atoms with van der Waals surface area (Å²) >= 11 is 0. The lowest BCUT2D eigenvalue weighted by molar-refractivity contribution is 0.0791. The summed E-state index contributed by atoms with van der Waals surface area (Å²) in [4.78, 5) is 14.1. The van der Waals surface area contributed by atoms with Crippen LogP contribution in [-0.4, -0.2) is 32.8 Å². The van der Waals surface area contributed by atoms with Gasteiger partial charge in [-0.3, -0.25) is 4.79 Å². The Morgan fingerprint density at radius 2 is 1.90 bits per heavy atom. The molecule has 0 saturated heterocycles. The van der Waals surface area contributed by atoms with Crippen molar-refractivity contribution in [1.29, 1.82) is 0 Å². The van der Waals surface area contributed by atoms with Gasteiger partial charge in [-0.25, -0.2) is 8.42 Å². The second-order valence-electron chi connectivity index (χ2n) is 5.04. The van der Waals surface area contributed by atoms with E-state index < -0.39 is 9.05 Å². The van der Waals surface area contributed by atoms with E-state index in [1.54, 1.807) is 18.0 Å². The number of benzene rings is 1. The molecular weight excluding hydrogens is 310 g/mol. The van der Waals surface area contributed by atoms with E-state index in [0.29, 0.717) is 18.5 Å². The van der Waals surface area contributed by atoms with Gasteiger partial charge >= 0.3 is 0 Å². The molecule has 1 aromatic rings. The number of nitrogens with zero attached hydrogens (tertiary/aromatic N) is 1. The van der Waals surface area contributed by atoms with Gasteiger partial charge in [0, 0.05) is 29.8 Å². The molecule has 0 N–H and O–H groups in total. The van der Waals surface area contributed by atoms with Gasteiger partial charge in [-0.15, -0.1) is 0 Å².